The van der Waals surface area contributed by atoms with Crippen LogP contribution in [0, 0.1) is 0 Å². The maximum Gasteiger partial charge on any atom is 0.331 e. The second-order valence-electron chi connectivity index (χ2n) is 6.10. The molecule has 0 unspecified atom stereocenters. The van der Waals surface area contributed by atoms with Crippen molar-refractivity contribution in [1.29, 1.82) is 0 Å². The number of H-pyrrole nitrogens is 1. The minimum Gasteiger partial charge on any atom is -0.494 e. The average molecular weight is 331 g/mol. The first kappa shape index (κ1) is 16.3. The molecule has 0 radical (unpaired) electrons. The Morgan fingerprint density at radius 2 is 2.12 bits per heavy atom. The van der Waals surface area contributed by atoms with E-state index in [9.17, 15) is 14.7 Å². The molecule has 7 heteroatoms. The van der Waals surface area contributed by atoms with Gasteiger partial charge in [0.25, 0.3) is 5.56 Å². The van der Waals surface area contributed by atoms with Gasteiger partial charge in [0.2, 0.25) is 5.88 Å². The van der Waals surface area contributed by atoms with Crippen molar-refractivity contribution in [3.63, 3.8) is 0 Å². The molecule has 2 heterocycles. The number of aromatic nitrogens is 2. The van der Waals surface area contributed by atoms with Gasteiger partial charge in [-0.1, -0.05) is 19.3 Å². The molecule has 128 valence electrons. The second-order valence-corrected chi connectivity index (χ2v) is 6.10. The van der Waals surface area contributed by atoms with E-state index in [2.05, 4.69) is 9.98 Å². The minimum absolute atomic E-state index is 0.0479. The van der Waals surface area contributed by atoms with Gasteiger partial charge in [0.1, 0.15) is 11.3 Å². The van der Waals surface area contributed by atoms with Crippen molar-refractivity contribution in [2.24, 2.45) is 4.99 Å². The summed E-state index contributed by atoms with van der Waals surface area (Å²) >= 11 is 0. The molecular formula is C17H21N3O4. The van der Waals surface area contributed by atoms with Crippen molar-refractivity contribution in [2.45, 2.75) is 51.6 Å². The first-order valence-corrected chi connectivity index (χ1v) is 8.19. The highest BCUT2D eigenvalue weighted by atomic mass is 16.3. The first-order chi connectivity index (χ1) is 11.6. The van der Waals surface area contributed by atoms with E-state index in [-0.39, 0.29) is 24.0 Å². The summed E-state index contributed by atoms with van der Waals surface area (Å²) in [7, 11) is 0. The Hall–Kier alpha value is -2.57. The molecule has 0 spiro atoms. The normalized spacial score (nSPS) is 16.5. The van der Waals surface area contributed by atoms with Gasteiger partial charge in [-0.15, -0.1) is 0 Å². The van der Waals surface area contributed by atoms with Crippen molar-refractivity contribution >= 4 is 5.71 Å². The number of nitrogens with zero attached hydrogens (tertiary/aromatic N) is 2. The molecule has 0 saturated heterocycles. The lowest BCUT2D eigenvalue weighted by Gasteiger charge is -2.25. The second kappa shape index (κ2) is 6.90. The molecule has 2 aromatic rings. The Bertz CT molecular complexity index is 840. The van der Waals surface area contributed by atoms with E-state index in [1.807, 2.05) is 0 Å². The summed E-state index contributed by atoms with van der Waals surface area (Å²) in [6, 6.07) is 3.46. The third-order valence-electron chi connectivity index (χ3n) is 4.47. The molecule has 2 aromatic heterocycles. The highest BCUT2D eigenvalue weighted by Gasteiger charge is 2.23. The smallest absolute Gasteiger partial charge is 0.331 e. The van der Waals surface area contributed by atoms with Crippen molar-refractivity contribution in [3.05, 3.63) is 50.6 Å². The monoisotopic (exact) mass is 331 g/mol. The summed E-state index contributed by atoms with van der Waals surface area (Å²) in [6.45, 7) is 1.91. The Morgan fingerprint density at radius 1 is 1.38 bits per heavy atom. The summed E-state index contributed by atoms with van der Waals surface area (Å²) in [6.07, 6.45) is 6.34. The molecule has 0 amide bonds. The number of nitrogens with one attached hydrogen (secondary N) is 1. The average Bonchev–Trinajstić information content (AvgIpc) is 3.07. The van der Waals surface area contributed by atoms with E-state index >= 15 is 0 Å². The Morgan fingerprint density at radius 3 is 2.79 bits per heavy atom. The van der Waals surface area contributed by atoms with Crippen LogP contribution >= 0.6 is 0 Å². The summed E-state index contributed by atoms with van der Waals surface area (Å²) in [5.41, 5.74) is -0.765. The van der Waals surface area contributed by atoms with E-state index < -0.39 is 11.2 Å². The van der Waals surface area contributed by atoms with E-state index in [0.717, 1.165) is 32.1 Å². The van der Waals surface area contributed by atoms with Gasteiger partial charge < -0.3 is 9.52 Å². The van der Waals surface area contributed by atoms with Gasteiger partial charge in [-0.2, -0.15) is 0 Å². The van der Waals surface area contributed by atoms with Crippen LogP contribution in [0.15, 0.2) is 37.4 Å². The molecule has 0 atom stereocenters. The number of rotatable bonds is 4. The van der Waals surface area contributed by atoms with Crippen LogP contribution < -0.4 is 11.2 Å². The number of aromatic hydroxyl groups is 1. The third-order valence-corrected chi connectivity index (χ3v) is 4.47. The number of furan rings is 1. The van der Waals surface area contributed by atoms with Gasteiger partial charge in [0.05, 0.1) is 18.5 Å². The summed E-state index contributed by atoms with van der Waals surface area (Å²) < 4.78 is 6.51. The lowest BCUT2D eigenvalue weighted by atomic mass is 9.95. The van der Waals surface area contributed by atoms with Gasteiger partial charge in [-0.05, 0) is 31.9 Å². The van der Waals surface area contributed by atoms with Gasteiger partial charge >= 0.3 is 5.69 Å². The summed E-state index contributed by atoms with van der Waals surface area (Å²) in [5, 5.41) is 10.6. The maximum absolute atomic E-state index is 12.2. The number of hydrogen-bond acceptors (Lipinski definition) is 5. The number of hydrogen-bond donors (Lipinski definition) is 2. The van der Waals surface area contributed by atoms with Gasteiger partial charge in [-0.3, -0.25) is 19.3 Å². The molecule has 1 saturated carbocycles. The topological polar surface area (TPSA) is 101 Å². The van der Waals surface area contributed by atoms with Crippen molar-refractivity contribution in [2.75, 3.05) is 0 Å². The van der Waals surface area contributed by atoms with Crippen LogP contribution in [0.5, 0.6) is 5.88 Å². The van der Waals surface area contributed by atoms with Crippen LogP contribution in [-0.2, 0) is 6.54 Å². The fraction of sp³-hybridized carbons (Fsp3) is 0.471. The maximum atomic E-state index is 12.2. The molecule has 1 fully saturated rings. The molecule has 1 aliphatic carbocycles. The van der Waals surface area contributed by atoms with E-state index in [1.54, 1.807) is 25.3 Å². The predicted molar refractivity (Wildman–Crippen MR) is 89.7 cm³/mol. The Balaban J connectivity index is 1.99. The van der Waals surface area contributed by atoms with Crippen LogP contribution in [0.25, 0.3) is 0 Å². The van der Waals surface area contributed by atoms with E-state index in [4.69, 9.17) is 4.42 Å². The Kier molecular flexibility index (Phi) is 4.69. The molecular weight excluding hydrogens is 310 g/mol. The lowest BCUT2D eigenvalue weighted by molar-refractivity contribution is 0.298. The SMILES string of the molecule is CC(=NCc1ccco1)c1c(O)n(C2CCCCC2)c(=O)[nH]c1=O. The van der Waals surface area contributed by atoms with Crippen LogP contribution in [0.4, 0.5) is 0 Å². The summed E-state index contributed by atoms with van der Waals surface area (Å²) in [4.78, 5) is 30.9. The zero-order valence-corrected chi connectivity index (χ0v) is 13.6. The zero-order chi connectivity index (χ0) is 17.1. The molecule has 0 bridgehead atoms. The molecule has 3 rings (SSSR count). The quantitative estimate of drug-likeness (QED) is 0.840. The van der Waals surface area contributed by atoms with Crippen LogP contribution in [0.2, 0.25) is 0 Å². The van der Waals surface area contributed by atoms with Crippen molar-refractivity contribution in [1.82, 2.24) is 9.55 Å². The molecule has 2 N–H and O–H groups in total. The zero-order valence-electron chi connectivity index (χ0n) is 13.6. The molecule has 0 aliphatic heterocycles. The predicted octanol–water partition coefficient (Wildman–Crippen LogP) is 2.35. The van der Waals surface area contributed by atoms with Crippen LogP contribution in [-0.4, -0.2) is 20.4 Å². The van der Waals surface area contributed by atoms with E-state index in [0.29, 0.717) is 11.5 Å². The van der Waals surface area contributed by atoms with E-state index in [1.165, 1.54) is 4.57 Å². The first-order valence-electron chi connectivity index (χ1n) is 8.19. The van der Waals surface area contributed by atoms with Gasteiger partial charge in [0, 0.05) is 6.04 Å². The summed E-state index contributed by atoms with van der Waals surface area (Å²) in [5.74, 6) is 0.363. The van der Waals surface area contributed by atoms with Crippen LogP contribution in [0.3, 0.4) is 0 Å². The Labute approximate surface area is 138 Å². The number of aliphatic imine (C=N–C) groups is 1. The lowest BCUT2D eigenvalue weighted by Crippen LogP contribution is -2.36. The molecule has 24 heavy (non-hydrogen) atoms. The molecule has 0 aromatic carbocycles. The highest BCUT2D eigenvalue weighted by molar-refractivity contribution is 6.00. The number of aromatic amines is 1. The standard InChI is InChI=1S/C17H21N3O4/c1-11(18-10-13-8-5-9-24-13)14-15(21)19-17(23)20(16(14)22)12-6-3-2-4-7-12/h5,8-9,12,22H,2-4,6-7,10H2,1H3,(H,19,21,23). The minimum atomic E-state index is -0.620. The van der Waals surface area contributed by atoms with Gasteiger partial charge in [0.15, 0.2) is 0 Å². The van der Waals surface area contributed by atoms with Crippen LogP contribution in [0.1, 0.15) is 56.4 Å². The fourth-order valence-electron chi connectivity index (χ4n) is 3.22. The highest BCUT2D eigenvalue weighted by Crippen LogP contribution is 2.30. The van der Waals surface area contributed by atoms with Crippen molar-refractivity contribution < 1.29 is 9.52 Å². The third kappa shape index (κ3) is 3.20. The van der Waals surface area contributed by atoms with Gasteiger partial charge in [-0.25, -0.2) is 4.79 Å². The van der Waals surface area contributed by atoms with Crippen molar-refractivity contribution in [3.8, 4) is 5.88 Å². The molecule has 7 nitrogen and oxygen atoms in total. The fourth-order valence-corrected chi connectivity index (χ4v) is 3.22. The molecule has 1 aliphatic rings. The largest absolute Gasteiger partial charge is 0.494 e.